The van der Waals surface area contributed by atoms with E-state index in [2.05, 4.69) is 194 Å². The predicted molar refractivity (Wildman–Crippen MR) is 540 cm³/mol. The highest BCUT2D eigenvalue weighted by Gasteiger charge is 2.25. The van der Waals surface area contributed by atoms with E-state index in [4.69, 9.17) is 49.0 Å². The highest BCUT2D eigenvalue weighted by molar-refractivity contribution is 9.13. The van der Waals surface area contributed by atoms with Crippen molar-refractivity contribution in [1.29, 1.82) is 0 Å². The standard InChI is InChI=1S/C16H16N2S.C13H17N3OS.2C13H15N3S.C12H11Br2N3OS.C12H11Cl2N3OS.C11H11Br2N5O/c1-17-14-12-15(18-10-6-3-7-11-18)19-16(14)13-8-4-2-5-9-13;1-14-9-10-16(13(14)17)12-6-5-11(18-12)15-7-3-2-4-8-15;1-4-8-16(9-5-1)13-15-12(10-17-13)11-6-2-3-7-14-11;1-2-7-16(8-3-1)13-15-12(10-17-13)11-5-4-6-14-9-11;2*13-10-8(7-19-11(10)14)12-15-2-1-9(16-12)17-3-5-18-6-4-17;12-9-10(13)18(7-15-9)11-14-2-1-8(16-11)17-3-5-19-6-4-17/h2,4-5,8-9,12H,3,6-7,10-11H2;5-6,9-10H,2-4,7-8H2,1H3;2-3,6-7,10H,1,4-5,8-9H2;4-6,9-10H,1-3,7-8H2;3*1-2,7H,3-6H2. The molecule has 1 aromatic carbocycles. The van der Waals surface area contributed by atoms with E-state index in [0.717, 1.165) is 237 Å². The second kappa shape index (κ2) is 48.1. The molecule has 7 aliphatic rings. The molecule has 0 saturated carbocycles. The van der Waals surface area contributed by atoms with E-state index in [-0.39, 0.29) is 5.69 Å². The van der Waals surface area contributed by atoms with Crippen LogP contribution in [0.4, 0.5) is 43.4 Å². The van der Waals surface area contributed by atoms with Crippen LogP contribution in [-0.2, 0) is 21.3 Å². The molecule has 0 N–H and O–H groups in total. The summed E-state index contributed by atoms with van der Waals surface area (Å²) < 4.78 is 25.3. The van der Waals surface area contributed by atoms with Gasteiger partial charge in [0.05, 0.1) is 86.4 Å². The Bertz CT molecular complexity index is 5550. The molecule has 38 heteroatoms. The molecule has 0 radical (unpaired) electrons. The number of halogens is 6. The maximum Gasteiger partial charge on any atom is 0.333 e. The van der Waals surface area contributed by atoms with Gasteiger partial charge in [-0.15, -0.1) is 68.0 Å². The predicted octanol–water partition coefficient (Wildman–Crippen LogP) is 22.5. The monoisotopic (exact) mass is 2130 g/mol. The number of thiophene rings is 4. The number of piperidine rings is 4. The van der Waals surface area contributed by atoms with Crippen LogP contribution in [0.3, 0.4) is 0 Å². The van der Waals surface area contributed by atoms with Crippen molar-refractivity contribution in [2.24, 2.45) is 7.05 Å². The summed E-state index contributed by atoms with van der Waals surface area (Å²) in [7, 11) is 1.78. The lowest BCUT2D eigenvalue weighted by atomic mass is 10.1. The van der Waals surface area contributed by atoms with E-state index in [1.165, 1.54) is 98.4 Å². The number of ether oxygens (including phenoxy) is 3. The number of aromatic nitrogens is 14. The van der Waals surface area contributed by atoms with Crippen molar-refractivity contribution in [2.45, 2.75) is 77.0 Å². The molecular weight excluding hydrogens is 2040 g/mol. The summed E-state index contributed by atoms with van der Waals surface area (Å²) in [6.45, 7) is 26.1. The summed E-state index contributed by atoms with van der Waals surface area (Å²) in [4.78, 5) is 81.6. The molecular formula is C90H96Br4Cl2N22O4S6. The van der Waals surface area contributed by atoms with Gasteiger partial charge >= 0.3 is 5.69 Å². The van der Waals surface area contributed by atoms with Gasteiger partial charge in [0.2, 0.25) is 11.6 Å². The molecule has 21 rings (SSSR count). The zero-order valence-corrected chi connectivity index (χ0v) is 83.3. The quantitative estimate of drug-likeness (QED) is 0.0922. The fraction of sp³-hybridized carbons (Fsp3) is 0.367. The average molecular weight is 2130 g/mol. The number of hydrogen-bond acceptors (Lipinski definition) is 28. The highest BCUT2D eigenvalue weighted by Crippen LogP contribution is 2.45. The summed E-state index contributed by atoms with van der Waals surface area (Å²) in [5.41, 5.74) is 7.87. The van der Waals surface area contributed by atoms with Crippen LogP contribution in [0.2, 0.25) is 9.36 Å². The Labute approximate surface area is 813 Å². The molecule has 7 fully saturated rings. The summed E-state index contributed by atoms with van der Waals surface area (Å²) in [6.07, 6.45) is 31.7. The Hall–Kier alpha value is -8.49. The summed E-state index contributed by atoms with van der Waals surface area (Å²) in [5, 5.41) is 14.5. The van der Waals surface area contributed by atoms with Crippen LogP contribution in [0.25, 0.3) is 71.7 Å². The van der Waals surface area contributed by atoms with Crippen LogP contribution >= 0.6 is 155 Å². The molecule has 7 aliphatic heterocycles. The van der Waals surface area contributed by atoms with Gasteiger partial charge in [-0.05, 0) is 207 Å². The second-order valence-electron chi connectivity index (χ2n) is 30.3. The van der Waals surface area contributed by atoms with Crippen molar-refractivity contribution >= 4 is 198 Å². The molecule has 0 spiro atoms. The maximum atomic E-state index is 11.9. The normalized spacial score (nSPS) is 15.8. The van der Waals surface area contributed by atoms with Gasteiger partial charge in [0, 0.05) is 186 Å². The first kappa shape index (κ1) is 94.2. The first-order valence-corrected chi connectivity index (χ1v) is 51.7. The number of aryl methyl sites for hydroxylation is 1. The molecule has 26 nitrogen and oxygen atoms in total. The van der Waals surface area contributed by atoms with Gasteiger partial charge in [-0.2, -0.15) is 4.98 Å². The Morgan fingerprint density at radius 1 is 0.438 bits per heavy atom. The second-order valence-corrected chi connectivity index (χ2v) is 40.4. The third kappa shape index (κ3) is 25.4. The lowest BCUT2D eigenvalue weighted by Crippen LogP contribution is -2.36. The van der Waals surface area contributed by atoms with Gasteiger partial charge in [0.15, 0.2) is 21.9 Å². The lowest BCUT2D eigenvalue weighted by molar-refractivity contribution is 0.122. The Morgan fingerprint density at radius 2 is 0.961 bits per heavy atom. The van der Waals surface area contributed by atoms with E-state index < -0.39 is 0 Å². The van der Waals surface area contributed by atoms with E-state index in [1.807, 2.05) is 102 Å². The highest BCUT2D eigenvalue weighted by atomic mass is 79.9. The number of rotatable bonds is 14. The van der Waals surface area contributed by atoms with E-state index in [0.29, 0.717) is 21.1 Å². The van der Waals surface area contributed by atoms with E-state index in [1.54, 1.807) is 109 Å². The van der Waals surface area contributed by atoms with Gasteiger partial charge in [0.25, 0.3) is 0 Å². The Kier molecular flexibility index (Phi) is 35.4. The molecule has 20 heterocycles. The van der Waals surface area contributed by atoms with E-state index in [9.17, 15) is 4.79 Å². The van der Waals surface area contributed by atoms with Crippen LogP contribution in [0.5, 0.6) is 0 Å². The number of thiazole rings is 2. The average Bonchev–Trinajstić information content (AvgIpc) is 1.69. The number of morpholine rings is 3. The molecule has 0 unspecified atom stereocenters. The third-order valence-corrected chi connectivity index (χ3v) is 32.9. The van der Waals surface area contributed by atoms with Gasteiger partial charge in [-0.25, -0.2) is 49.5 Å². The van der Waals surface area contributed by atoms with Gasteiger partial charge in [0.1, 0.15) is 48.0 Å². The van der Waals surface area contributed by atoms with Crippen LogP contribution in [0.15, 0.2) is 197 Å². The van der Waals surface area contributed by atoms with Crippen molar-refractivity contribution in [3.05, 3.63) is 223 Å². The van der Waals surface area contributed by atoms with Crippen molar-refractivity contribution < 1.29 is 14.2 Å². The first-order chi connectivity index (χ1) is 62.8. The summed E-state index contributed by atoms with van der Waals surface area (Å²) in [5.74, 6) is 4.71. The van der Waals surface area contributed by atoms with Crippen molar-refractivity contribution in [3.8, 4) is 66.8 Å². The Morgan fingerprint density at radius 3 is 1.47 bits per heavy atom. The van der Waals surface area contributed by atoms with Gasteiger partial charge in [-0.3, -0.25) is 19.1 Å². The number of imidazole rings is 2. The topological polar surface area (TPSA) is 228 Å². The number of benzene rings is 1. The zero-order chi connectivity index (χ0) is 88.3. The minimum absolute atomic E-state index is 0.0158. The van der Waals surface area contributed by atoms with Crippen LogP contribution in [0, 0.1) is 6.57 Å². The minimum Gasteiger partial charge on any atom is -0.378 e. The third-order valence-electron chi connectivity index (χ3n) is 21.7. The smallest absolute Gasteiger partial charge is 0.333 e. The van der Waals surface area contributed by atoms with Crippen molar-refractivity contribution in [1.82, 2.24) is 68.5 Å². The van der Waals surface area contributed by atoms with Crippen molar-refractivity contribution in [2.75, 3.05) is 166 Å². The molecule has 0 amide bonds. The molecule has 13 aromatic heterocycles. The number of hydrogen-bond donors (Lipinski definition) is 0. The molecule has 7 saturated heterocycles. The largest absolute Gasteiger partial charge is 0.378 e. The van der Waals surface area contributed by atoms with Gasteiger partial charge in [-0.1, -0.05) is 59.6 Å². The van der Waals surface area contributed by atoms with E-state index >= 15 is 0 Å². The zero-order valence-electron chi connectivity index (χ0n) is 70.6. The molecule has 0 bridgehead atoms. The SMILES string of the molecule is Brc1ncn(-c2nccc(N3CCOCC3)n2)c1Br.Brc1scc(-c2nccc(N3CCOCC3)n2)c1Br.Clc1scc(-c2nccc(N3CCOCC3)n2)c1Cl.Cn1ccn(-c2ccc(N3CCCCC3)s2)c1=O.[C-]#[N+]c1cc(N2CCCCC2)sc1-c1ccccc1.c1ccc(-c2csc(N3CCCCC3)n2)nc1.c1cncc(-c2csc(N3CCCCC3)n2)c1. The number of nitrogens with zero attached hydrogens (tertiary/aromatic N) is 22. The summed E-state index contributed by atoms with van der Waals surface area (Å²) in [6, 6.07) is 32.2. The molecule has 0 aliphatic carbocycles. The fourth-order valence-corrected chi connectivity index (χ4v) is 22.6. The Balaban J connectivity index is 0.000000115. The summed E-state index contributed by atoms with van der Waals surface area (Å²) >= 11 is 35.9. The first-order valence-electron chi connectivity index (χ1n) is 42.6. The molecule has 0 atom stereocenters. The minimum atomic E-state index is 0.0158. The fourth-order valence-electron chi connectivity index (χ4n) is 14.9. The van der Waals surface area contributed by atoms with Gasteiger partial charge < -0.3 is 53.1 Å². The molecule has 128 heavy (non-hydrogen) atoms. The molecule has 14 aromatic rings. The van der Waals surface area contributed by atoms with Crippen molar-refractivity contribution in [3.63, 3.8) is 0 Å². The van der Waals surface area contributed by atoms with Crippen LogP contribution < -0.4 is 40.0 Å². The maximum absolute atomic E-state index is 11.9. The number of pyridine rings is 2. The van der Waals surface area contributed by atoms with Crippen LogP contribution in [-0.4, -0.2) is 200 Å². The lowest BCUT2D eigenvalue weighted by Gasteiger charge is -2.27. The van der Waals surface area contributed by atoms with Crippen LogP contribution in [0.1, 0.15) is 77.0 Å². The molecule has 668 valence electrons. The number of anilines is 7.